The van der Waals surface area contributed by atoms with Crippen molar-refractivity contribution in [1.82, 2.24) is 5.32 Å². The molecule has 0 radical (unpaired) electrons. The van der Waals surface area contributed by atoms with E-state index in [9.17, 15) is 0 Å². The highest BCUT2D eigenvalue weighted by atomic mass is 16.5. The molecular formula is C17H27NO2. The maximum atomic E-state index is 6.05. The molecule has 3 nitrogen and oxygen atoms in total. The van der Waals surface area contributed by atoms with Crippen molar-refractivity contribution in [3.8, 4) is 5.75 Å². The molecule has 1 saturated heterocycles. The van der Waals surface area contributed by atoms with Crippen LogP contribution in [0.3, 0.4) is 0 Å². The summed E-state index contributed by atoms with van der Waals surface area (Å²) in [5.41, 5.74) is 1.25. The normalized spacial score (nSPS) is 24.1. The lowest BCUT2D eigenvalue weighted by Gasteiger charge is -2.25. The van der Waals surface area contributed by atoms with E-state index >= 15 is 0 Å². The molecule has 1 N–H and O–H groups in total. The molecule has 3 heteroatoms. The minimum absolute atomic E-state index is 0.200. The first-order valence-electron chi connectivity index (χ1n) is 7.75. The second-order valence-corrected chi connectivity index (χ2v) is 5.84. The first kappa shape index (κ1) is 15.3. The van der Waals surface area contributed by atoms with E-state index in [2.05, 4.69) is 51.2 Å². The third kappa shape index (κ3) is 3.97. The zero-order chi connectivity index (χ0) is 14.5. The van der Waals surface area contributed by atoms with Gasteiger partial charge in [-0.1, -0.05) is 19.1 Å². The molecule has 1 fully saturated rings. The van der Waals surface area contributed by atoms with Crippen LogP contribution in [0.2, 0.25) is 0 Å². The van der Waals surface area contributed by atoms with Gasteiger partial charge in [0.25, 0.3) is 0 Å². The fraction of sp³-hybridized carbons (Fsp3) is 0.647. The van der Waals surface area contributed by atoms with Gasteiger partial charge in [-0.2, -0.15) is 0 Å². The van der Waals surface area contributed by atoms with Gasteiger partial charge in [-0.15, -0.1) is 0 Å². The number of rotatable bonds is 6. The summed E-state index contributed by atoms with van der Waals surface area (Å²) in [6, 6.07) is 8.63. The number of ether oxygens (including phenoxy) is 2. The summed E-state index contributed by atoms with van der Waals surface area (Å²) in [4.78, 5) is 0. The van der Waals surface area contributed by atoms with Crippen LogP contribution in [0.15, 0.2) is 24.3 Å². The van der Waals surface area contributed by atoms with Crippen LogP contribution in [-0.4, -0.2) is 24.9 Å². The Morgan fingerprint density at radius 1 is 1.35 bits per heavy atom. The van der Waals surface area contributed by atoms with Crippen molar-refractivity contribution in [1.29, 1.82) is 0 Å². The Morgan fingerprint density at radius 2 is 2.15 bits per heavy atom. The summed E-state index contributed by atoms with van der Waals surface area (Å²) in [7, 11) is 0. The maximum Gasteiger partial charge on any atom is 0.120 e. The van der Waals surface area contributed by atoms with Crippen LogP contribution in [0.4, 0.5) is 0 Å². The standard InChI is InChI=1S/C17H27NO2/c1-5-18-17(16-10-9-13(4)20-16)14-7-6-8-15(11-14)19-12(2)3/h6-8,11-13,16-18H,5,9-10H2,1-4H3. The van der Waals surface area contributed by atoms with Gasteiger partial charge < -0.3 is 14.8 Å². The van der Waals surface area contributed by atoms with E-state index in [1.165, 1.54) is 5.56 Å². The highest BCUT2D eigenvalue weighted by Crippen LogP contribution is 2.31. The lowest BCUT2D eigenvalue weighted by Crippen LogP contribution is -2.32. The highest BCUT2D eigenvalue weighted by Gasteiger charge is 2.30. The summed E-state index contributed by atoms with van der Waals surface area (Å²) >= 11 is 0. The van der Waals surface area contributed by atoms with E-state index in [4.69, 9.17) is 9.47 Å². The van der Waals surface area contributed by atoms with Crippen LogP contribution in [-0.2, 0) is 4.74 Å². The quantitative estimate of drug-likeness (QED) is 0.860. The van der Waals surface area contributed by atoms with Crippen molar-refractivity contribution < 1.29 is 9.47 Å². The summed E-state index contributed by atoms with van der Waals surface area (Å²) < 4.78 is 11.8. The number of benzene rings is 1. The molecule has 3 unspecified atom stereocenters. The first-order valence-corrected chi connectivity index (χ1v) is 7.75. The Morgan fingerprint density at radius 3 is 2.75 bits per heavy atom. The predicted molar refractivity (Wildman–Crippen MR) is 82.2 cm³/mol. The van der Waals surface area contributed by atoms with Gasteiger partial charge >= 0.3 is 0 Å². The summed E-state index contributed by atoms with van der Waals surface area (Å²) in [6.07, 6.45) is 3.10. The molecular weight excluding hydrogens is 250 g/mol. The van der Waals surface area contributed by atoms with Gasteiger partial charge in [-0.05, 0) is 57.9 Å². The summed E-state index contributed by atoms with van der Waals surface area (Å²) in [5.74, 6) is 0.937. The minimum Gasteiger partial charge on any atom is -0.491 e. The van der Waals surface area contributed by atoms with Gasteiger partial charge in [0.15, 0.2) is 0 Å². The fourth-order valence-corrected chi connectivity index (χ4v) is 2.82. The van der Waals surface area contributed by atoms with Gasteiger partial charge in [0.1, 0.15) is 5.75 Å². The van der Waals surface area contributed by atoms with Crippen molar-refractivity contribution in [3.05, 3.63) is 29.8 Å². The molecule has 0 amide bonds. The van der Waals surface area contributed by atoms with Crippen LogP contribution in [0.5, 0.6) is 5.75 Å². The molecule has 20 heavy (non-hydrogen) atoms. The zero-order valence-electron chi connectivity index (χ0n) is 13.1. The van der Waals surface area contributed by atoms with Gasteiger partial charge in [-0.3, -0.25) is 0 Å². The van der Waals surface area contributed by atoms with E-state index in [-0.39, 0.29) is 18.2 Å². The monoisotopic (exact) mass is 277 g/mol. The Hall–Kier alpha value is -1.06. The number of nitrogens with one attached hydrogen (secondary N) is 1. The lowest BCUT2D eigenvalue weighted by molar-refractivity contribution is 0.0319. The van der Waals surface area contributed by atoms with Gasteiger partial charge in [0, 0.05) is 0 Å². The number of hydrogen-bond acceptors (Lipinski definition) is 3. The minimum atomic E-state index is 0.200. The van der Waals surface area contributed by atoms with E-state index in [0.29, 0.717) is 6.10 Å². The van der Waals surface area contributed by atoms with Crippen molar-refractivity contribution in [2.75, 3.05) is 6.54 Å². The smallest absolute Gasteiger partial charge is 0.120 e. The van der Waals surface area contributed by atoms with Crippen molar-refractivity contribution in [2.24, 2.45) is 0 Å². The van der Waals surface area contributed by atoms with Crippen molar-refractivity contribution in [2.45, 2.75) is 64.9 Å². The summed E-state index contributed by atoms with van der Waals surface area (Å²) in [5, 5.41) is 3.56. The molecule has 3 atom stereocenters. The van der Waals surface area contributed by atoms with Gasteiger partial charge in [-0.25, -0.2) is 0 Å². The van der Waals surface area contributed by atoms with Crippen LogP contribution < -0.4 is 10.1 Å². The van der Waals surface area contributed by atoms with Crippen LogP contribution in [0, 0.1) is 0 Å². The topological polar surface area (TPSA) is 30.5 Å². The Labute approximate surface area is 122 Å². The summed E-state index contributed by atoms with van der Waals surface area (Å²) in [6.45, 7) is 9.34. The molecule has 0 aromatic heterocycles. The largest absolute Gasteiger partial charge is 0.491 e. The molecule has 0 bridgehead atoms. The highest BCUT2D eigenvalue weighted by molar-refractivity contribution is 5.31. The van der Waals surface area contributed by atoms with Crippen LogP contribution in [0.25, 0.3) is 0 Å². The van der Waals surface area contributed by atoms with E-state index in [1.54, 1.807) is 0 Å². The molecule has 0 saturated carbocycles. The van der Waals surface area contributed by atoms with Gasteiger partial charge in [0.2, 0.25) is 0 Å². The average molecular weight is 277 g/mol. The SMILES string of the molecule is CCNC(c1cccc(OC(C)C)c1)C1CCC(C)O1. The number of hydrogen-bond donors (Lipinski definition) is 1. The molecule has 112 valence electrons. The maximum absolute atomic E-state index is 6.05. The molecule has 2 rings (SSSR count). The second kappa shape index (κ2) is 7.09. The third-order valence-electron chi connectivity index (χ3n) is 3.65. The molecule has 1 aliphatic rings. The average Bonchev–Trinajstić information content (AvgIpc) is 2.82. The molecule has 0 aliphatic carbocycles. The van der Waals surface area contributed by atoms with Crippen LogP contribution in [0.1, 0.15) is 52.1 Å². The first-order chi connectivity index (χ1) is 9.60. The third-order valence-corrected chi connectivity index (χ3v) is 3.65. The van der Waals surface area contributed by atoms with E-state index in [0.717, 1.165) is 25.1 Å². The molecule has 1 heterocycles. The van der Waals surface area contributed by atoms with E-state index < -0.39 is 0 Å². The fourth-order valence-electron chi connectivity index (χ4n) is 2.82. The molecule has 1 aromatic rings. The Bertz CT molecular complexity index is 419. The Kier molecular flexibility index (Phi) is 5.44. The lowest BCUT2D eigenvalue weighted by atomic mass is 9.99. The van der Waals surface area contributed by atoms with Crippen molar-refractivity contribution >= 4 is 0 Å². The number of likely N-dealkylation sites (N-methyl/N-ethyl adjacent to an activating group) is 1. The van der Waals surface area contributed by atoms with Gasteiger partial charge in [0.05, 0.1) is 24.4 Å². The molecule has 1 aromatic carbocycles. The van der Waals surface area contributed by atoms with E-state index in [1.807, 2.05) is 6.07 Å². The molecule has 0 spiro atoms. The molecule has 1 aliphatic heterocycles. The second-order valence-electron chi connectivity index (χ2n) is 5.84. The van der Waals surface area contributed by atoms with Crippen molar-refractivity contribution in [3.63, 3.8) is 0 Å². The van der Waals surface area contributed by atoms with Crippen LogP contribution >= 0.6 is 0 Å². The zero-order valence-corrected chi connectivity index (χ0v) is 13.1. The Balaban J connectivity index is 2.16. The predicted octanol–water partition coefficient (Wildman–Crippen LogP) is 3.69.